The second-order valence-corrected chi connectivity index (χ2v) is 13.0. The molecule has 3 N–H and O–H groups in total. The molecule has 0 amide bonds. The van der Waals surface area contributed by atoms with E-state index in [0.717, 1.165) is 56.9 Å². The molecule has 46 heavy (non-hydrogen) atoms. The Morgan fingerprint density at radius 3 is 1.96 bits per heavy atom. The Labute approximate surface area is 302 Å². The predicted octanol–water partition coefficient (Wildman–Crippen LogP) is 4.27. The van der Waals surface area contributed by atoms with Gasteiger partial charge in [0.05, 0.1) is 12.6 Å². The van der Waals surface area contributed by atoms with Gasteiger partial charge in [-0.05, 0) is 36.5 Å². The SMILES string of the molecule is C.C.CCCCCC[C@H](C)B(O)O.CCCCCC[C@H](C)[B-]12OC(=O)C[N+]1(C1CCC[C@@H]1OCc1ccccc1)CC(=O)O2.[Na+].[OH-]. The first-order chi connectivity index (χ1) is 20.2. The van der Waals surface area contributed by atoms with Crippen LogP contribution in [0.25, 0.3) is 0 Å². The van der Waals surface area contributed by atoms with Gasteiger partial charge in [-0.2, -0.15) is 0 Å². The fourth-order valence-electron chi connectivity index (χ4n) is 7.33. The second kappa shape index (κ2) is 23.4. The molecule has 0 spiro atoms. The van der Waals surface area contributed by atoms with E-state index >= 15 is 0 Å². The van der Waals surface area contributed by atoms with E-state index in [1.807, 2.05) is 25.1 Å². The van der Waals surface area contributed by atoms with Crippen molar-refractivity contribution in [3.05, 3.63) is 35.9 Å². The summed E-state index contributed by atoms with van der Waals surface area (Å²) < 4.78 is 18.7. The molecule has 1 saturated carbocycles. The van der Waals surface area contributed by atoms with Gasteiger partial charge in [-0.1, -0.05) is 137 Å². The van der Waals surface area contributed by atoms with Crippen LogP contribution in [-0.4, -0.2) is 70.9 Å². The zero-order chi connectivity index (χ0) is 30.6. The minimum atomic E-state index is -2.05. The summed E-state index contributed by atoms with van der Waals surface area (Å²) in [6.07, 6.45) is 14.1. The number of hydrogen-bond acceptors (Lipinski definition) is 8. The van der Waals surface area contributed by atoms with Crippen LogP contribution < -0.4 is 29.6 Å². The number of benzene rings is 1. The molecular weight excluding hydrogens is 595 g/mol. The molecule has 1 aliphatic carbocycles. The molecule has 9 nitrogen and oxygen atoms in total. The molecule has 260 valence electrons. The third-order valence-corrected chi connectivity index (χ3v) is 9.80. The smallest absolute Gasteiger partial charge is 0.870 e. The maximum Gasteiger partial charge on any atom is 1.00 e. The van der Waals surface area contributed by atoms with Gasteiger partial charge in [0.15, 0.2) is 0 Å². The molecule has 0 aromatic heterocycles. The number of hydrogen-bond donors (Lipinski definition) is 2. The van der Waals surface area contributed by atoms with Gasteiger partial charge in [0, 0.05) is 0 Å². The number of ether oxygens (including phenoxy) is 1. The molecule has 4 atom stereocenters. The van der Waals surface area contributed by atoms with E-state index in [0.29, 0.717) is 11.0 Å². The van der Waals surface area contributed by atoms with E-state index in [1.54, 1.807) is 0 Å². The van der Waals surface area contributed by atoms with E-state index < -0.39 is 13.8 Å². The first-order valence-corrected chi connectivity index (χ1v) is 16.7. The Hall–Kier alpha value is -0.910. The van der Waals surface area contributed by atoms with Gasteiger partial charge in [-0.25, -0.2) is 0 Å². The minimum Gasteiger partial charge on any atom is -0.870 e. The average Bonchev–Trinajstić information content (AvgIpc) is 3.63. The number of nitrogens with zero attached hydrogens (tertiary/aromatic N) is 1. The van der Waals surface area contributed by atoms with Crippen LogP contribution in [-0.2, 0) is 30.2 Å². The number of carbonyl (C=O) groups excluding carboxylic acids is 2. The number of unbranched alkanes of at least 4 members (excludes halogenated alkanes) is 6. The predicted molar refractivity (Wildman–Crippen MR) is 183 cm³/mol. The van der Waals surface area contributed by atoms with Crippen molar-refractivity contribution in [3.63, 3.8) is 0 Å². The molecule has 2 saturated heterocycles. The van der Waals surface area contributed by atoms with Crippen LogP contribution >= 0.6 is 0 Å². The fraction of sp³-hybridized carbons (Fsp3) is 0.765. The summed E-state index contributed by atoms with van der Waals surface area (Å²) in [5.41, 5.74) is 1.14. The van der Waals surface area contributed by atoms with Crippen LogP contribution in [0.15, 0.2) is 30.3 Å². The van der Waals surface area contributed by atoms with Gasteiger partial charge in [-0.15, -0.1) is 0 Å². The summed E-state index contributed by atoms with van der Waals surface area (Å²) in [5.74, 6) is -0.416. The molecule has 12 heteroatoms. The van der Waals surface area contributed by atoms with Crippen LogP contribution in [0.3, 0.4) is 0 Å². The first kappa shape index (κ1) is 47.2. The molecule has 1 aromatic rings. The minimum absolute atomic E-state index is 0. The van der Waals surface area contributed by atoms with Crippen molar-refractivity contribution in [3.8, 4) is 0 Å². The van der Waals surface area contributed by atoms with Crippen molar-refractivity contribution in [2.45, 2.75) is 156 Å². The van der Waals surface area contributed by atoms with E-state index in [9.17, 15) is 9.59 Å². The maximum absolute atomic E-state index is 12.6. The molecule has 4 rings (SSSR count). The second-order valence-electron chi connectivity index (χ2n) is 13.0. The van der Waals surface area contributed by atoms with Crippen molar-refractivity contribution >= 4 is 25.7 Å². The van der Waals surface area contributed by atoms with Gasteiger partial charge < -0.3 is 34.0 Å². The molecule has 0 radical (unpaired) electrons. The van der Waals surface area contributed by atoms with E-state index in [1.165, 1.54) is 32.1 Å². The average molecular weight is 659 g/mol. The molecule has 1 aromatic carbocycles. The molecule has 1 unspecified atom stereocenters. The third kappa shape index (κ3) is 12.2. The van der Waals surface area contributed by atoms with Gasteiger partial charge >= 0.3 is 55.3 Å². The normalized spacial score (nSPS) is 25.5. The standard InChI is InChI=1S/C24H36BNO5.C8H19BO2.2CH4.Na.H2O/c1-3-4-5-7-11-19(2)25-26(16-23(27)30-25,17-24(28)31-25)21-14-10-15-22(21)29-18-20-12-8-6-9-13-20;1-3-4-5-6-7-8(2)9(10)11;;;;/h6,8-9,12-13,19,21-22H,3-5,7,10-11,14-18H2,1-2H3;8,10-11H,3-7H2,1-2H3;2*1H4;;1H2/q;;;;+1;/p-1/t19-,21?,22-,25?,26?;8-;;;;/m00..../s1. The number of carbonyl (C=O) groups is 2. The summed E-state index contributed by atoms with van der Waals surface area (Å²) in [6.45, 7) is 7.28. The number of rotatable bonds is 16. The molecule has 0 bridgehead atoms. The molecule has 3 fully saturated rings. The molecule has 3 aliphatic rings. The molecule has 2 aliphatic heterocycles. The van der Waals surface area contributed by atoms with Gasteiger partial charge in [0.1, 0.15) is 19.2 Å². The van der Waals surface area contributed by atoms with Crippen LogP contribution in [0.1, 0.15) is 132 Å². The maximum atomic E-state index is 12.6. The Bertz CT molecular complexity index is 954. The summed E-state index contributed by atoms with van der Waals surface area (Å²) in [4.78, 5) is 25.3. The van der Waals surface area contributed by atoms with Crippen molar-refractivity contribution in [2.24, 2.45) is 0 Å². The van der Waals surface area contributed by atoms with E-state index in [2.05, 4.69) is 32.9 Å². The van der Waals surface area contributed by atoms with Gasteiger partial charge in [0.25, 0.3) is 0 Å². The van der Waals surface area contributed by atoms with Crippen LogP contribution in [0.5, 0.6) is 0 Å². The van der Waals surface area contributed by atoms with Gasteiger partial charge in [-0.3, -0.25) is 9.59 Å². The van der Waals surface area contributed by atoms with Crippen LogP contribution in [0, 0.1) is 0 Å². The summed E-state index contributed by atoms with van der Waals surface area (Å²) in [5, 5.41) is 17.5. The summed E-state index contributed by atoms with van der Waals surface area (Å²) in [6, 6.07) is 10.2. The van der Waals surface area contributed by atoms with E-state index in [-0.39, 0.29) is 98.7 Å². The van der Waals surface area contributed by atoms with Crippen LogP contribution in [0.2, 0.25) is 11.6 Å². The monoisotopic (exact) mass is 659 g/mol. The Morgan fingerprint density at radius 2 is 1.43 bits per heavy atom. The Balaban J connectivity index is 0. The largest absolute Gasteiger partial charge is 1.00 e. The van der Waals surface area contributed by atoms with Gasteiger partial charge in [0.2, 0.25) is 0 Å². The van der Waals surface area contributed by atoms with E-state index in [4.69, 9.17) is 24.1 Å². The third-order valence-electron chi connectivity index (χ3n) is 9.80. The first-order valence-electron chi connectivity index (χ1n) is 16.7. The van der Waals surface area contributed by atoms with Crippen LogP contribution in [0.4, 0.5) is 0 Å². The Morgan fingerprint density at radius 1 is 0.891 bits per heavy atom. The van der Waals surface area contributed by atoms with Crippen molar-refractivity contribution in [2.75, 3.05) is 13.1 Å². The zero-order valence-electron chi connectivity index (χ0n) is 28.0. The van der Waals surface area contributed by atoms with Crippen molar-refractivity contribution < 1.29 is 73.1 Å². The quantitative estimate of drug-likeness (QED) is 0.199. The molecule has 2 heterocycles. The number of quaternary nitrogens is 1. The fourth-order valence-corrected chi connectivity index (χ4v) is 7.33. The summed E-state index contributed by atoms with van der Waals surface area (Å²) in [7, 11) is -1.13. The van der Waals surface area contributed by atoms with Crippen molar-refractivity contribution in [1.29, 1.82) is 0 Å². The topological polar surface area (TPSA) is 132 Å². The number of fused-ring (bicyclic) bond motifs is 1. The Kier molecular flexibility index (Phi) is 24.1. The zero-order valence-corrected chi connectivity index (χ0v) is 30.0. The summed E-state index contributed by atoms with van der Waals surface area (Å²) >= 11 is 0. The molecular formula is C34H64B2NNaO8. The van der Waals surface area contributed by atoms with Crippen molar-refractivity contribution in [1.82, 2.24) is 0 Å².